The maximum Gasteiger partial charge on any atom is 0.340 e. The van der Waals surface area contributed by atoms with Crippen molar-refractivity contribution in [3.05, 3.63) is 81.3 Å². The number of carbonyl (C=O) groups is 3. The Morgan fingerprint density at radius 1 is 1.03 bits per heavy atom. The maximum atomic E-state index is 13.7. The number of amides is 2. The van der Waals surface area contributed by atoms with Gasteiger partial charge in [0.05, 0.1) is 22.5 Å². The molecule has 1 heterocycles. The zero-order valence-electron chi connectivity index (χ0n) is 14.8. The van der Waals surface area contributed by atoms with Crippen LogP contribution in [0.1, 0.15) is 20.7 Å². The lowest BCUT2D eigenvalue weighted by Crippen LogP contribution is -2.22. The molecule has 0 aliphatic rings. The summed E-state index contributed by atoms with van der Waals surface area (Å²) in [4.78, 5) is 36.5. The van der Waals surface area contributed by atoms with Gasteiger partial charge in [-0.2, -0.15) is 11.3 Å². The van der Waals surface area contributed by atoms with Gasteiger partial charge in [-0.15, -0.1) is 0 Å². The molecule has 0 aliphatic carbocycles. The third-order valence-electron chi connectivity index (χ3n) is 3.72. The first-order valence-corrected chi connectivity index (χ1v) is 9.60. The van der Waals surface area contributed by atoms with Crippen LogP contribution < -0.4 is 10.6 Å². The lowest BCUT2D eigenvalue weighted by molar-refractivity contribution is -0.119. The number of carbonyl (C=O) groups excluding carboxylic acids is 3. The number of rotatable bonds is 6. The normalized spacial score (nSPS) is 10.3. The van der Waals surface area contributed by atoms with E-state index in [1.807, 2.05) is 0 Å². The van der Waals surface area contributed by atoms with Crippen LogP contribution in [0.15, 0.2) is 59.3 Å². The van der Waals surface area contributed by atoms with Gasteiger partial charge in [-0.25, -0.2) is 9.18 Å². The van der Waals surface area contributed by atoms with Crippen molar-refractivity contribution in [2.75, 3.05) is 17.2 Å². The molecule has 0 saturated heterocycles. The summed E-state index contributed by atoms with van der Waals surface area (Å²) < 4.78 is 18.7. The second kappa shape index (κ2) is 9.31. The van der Waals surface area contributed by atoms with Gasteiger partial charge in [0, 0.05) is 10.4 Å². The molecule has 1 aromatic heterocycles. The summed E-state index contributed by atoms with van der Waals surface area (Å²) in [7, 11) is 0. The van der Waals surface area contributed by atoms with E-state index in [9.17, 15) is 18.8 Å². The molecule has 3 aromatic rings. The molecular weight excluding hydrogens is 419 g/mol. The van der Waals surface area contributed by atoms with E-state index in [2.05, 4.69) is 10.6 Å². The highest BCUT2D eigenvalue weighted by molar-refractivity contribution is 7.08. The molecule has 0 saturated carbocycles. The molecule has 2 amide bonds. The molecule has 0 aliphatic heterocycles. The van der Waals surface area contributed by atoms with E-state index in [1.54, 1.807) is 35.0 Å². The van der Waals surface area contributed by atoms with E-state index in [0.29, 0.717) is 5.56 Å². The van der Waals surface area contributed by atoms with E-state index in [-0.39, 0.29) is 27.9 Å². The van der Waals surface area contributed by atoms with Gasteiger partial charge in [0.2, 0.25) is 0 Å². The second-order valence-corrected chi connectivity index (χ2v) is 6.98. The summed E-state index contributed by atoms with van der Waals surface area (Å²) in [6.45, 7) is -0.641. The fourth-order valence-corrected chi connectivity index (χ4v) is 3.15. The summed E-state index contributed by atoms with van der Waals surface area (Å²) in [5.41, 5.74) is 0.663. The molecule has 6 nitrogen and oxygen atoms in total. The van der Waals surface area contributed by atoms with Crippen molar-refractivity contribution in [3.63, 3.8) is 0 Å². The SMILES string of the molecule is O=C(COC(=O)c1ccccc1NC(=O)c1ccsc1)Nc1cc(Cl)ccc1F. The minimum atomic E-state index is -0.812. The molecule has 0 spiro atoms. The Bertz CT molecular complexity index is 1060. The number of thiophene rings is 1. The number of ether oxygens (including phenoxy) is 1. The highest BCUT2D eigenvalue weighted by Crippen LogP contribution is 2.20. The zero-order valence-corrected chi connectivity index (χ0v) is 16.4. The quantitative estimate of drug-likeness (QED) is 0.558. The minimum absolute atomic E-state index is 0.0813. The number of halogens is 2. The van der Waals surface area contributed by atoms with Crippen LogP contribution in [0.5, 0.6) is 0 Å². The van der Waals surface area contributed by atoms with Crippen molar-refractivity contribution in [1.29, 1.82) is 0 Å². The largest absolute Gasteiger partial charge is 0.452 e. The molecule has 2 aromatic carbocycles. The van der Waals surface area contributed by atoms with Crippen LogP contribution in [0.25, 0.3) is 0 Å². The standard InChI is InChI=1S/C20H14ClFN2O4S/c21-13-5-6-15(22)17(9-13)23-18(25)10-28-20(27)14-3-1-2-4-16(14)24-19(26)12-7-8-29-11-12/h1-9,11H,10H2,(H,23,25)(H,24,26). The highest BCUT2D eigenvalue weighted by Gasteiger charge is 2.17. The topological polar surface area (TPSA) is 84.5 Å². The van der Waals surface area contributed by atoms with Crippen LogP contribution in [-0.2, 0) is 9.53 Å². The summed E-state index contributed by atoms with van der Waals surface area (Å²) in [6.07, 6.45) is 0. The number of anilines is 2. The van der Waals surface area contributed by atoms with Gasteiger partial charge in [-0.3, -0.25) is 9.59 Å². The van der Waals surface area contributed by atoms with E-state index >= 15 is 0 Å². The van der Waals surface area contributed by atoms with Crippen LogP contribution in [0.3, 0.4) is 0 Å². The van der Waals surface area contributed by atoms with Crippen molar-refractivity contribution >= 4 is 52.1 Å². The van der Waals surface area contributed by atoms with Crippen molar-refractivity contribution in [3.8, 4) is 0 Å². The van der Waals surface area contributed by atoms with Gasteiger partial charge >= 0.3 is 5.97 Å². The third-order valence-corrected chi connectivity index (χ3v) is 4.63. The third kappa shape index (κ3) is 5.40. The average molecular weight is 433 g/mol. The Hall–Kier alpha value is -3.23. The van der Waals surface area contributed by atoms with Gasteiger partial charge in [-0.1, -0.05) is 23.7 Å². The summed E-state index contributed by atoms with van der Waals surface area (Å²) in [6, 6.07) is 11.6. The monoisotopic (exact) mass is 432 g/mol. The number of nitrogens with one attached hydrogen (secondary N) is 2. The Labute approximate surface area is 174 Å². The minimum Gasteiger partial charge on any atom is -0.452 e. The van der Waals surface area contributed by atoms with E-state index in [0.717, 1.165) is 6.07 Å². The first-order chi connectivity index (χ1) is 13.9. The van der Waals surface area contributed by atoms with E-state index < -0.39 is 24.3 Å². The number of hydrogen-bond donors (Lipinski definition) is 2. The molecule has 0 fully saturated rings. The molecule has 148 valence electrons. The van der Waals surface area contributed by atoms with Gasteiger partial charge < -0.3 is 15.4 Å². The molecule has 0 atom stereocenters. The van der Waals surface area contributed by atoms with Gasteiger partial charge in [0.25, 0.3) is 11.8 Å². The number of hydrogen-bond acceptors (Lipinski definition) is 5. The lowest BCUT2D eigenvalue weighted by atomic mass is 10.1. The van der Waals surface area contributed by atoms with Crippen molar-refractivity contribution in [2.45, 2.75) is 0 Å². The lowest BCUT2D eigenvalue weighted by Gasteiger charge is -2.11. The molecule has 9 heteroatoms. The van der Waals surface area contributed by atoms with Crippen LogP contribution in [0.2, 0.25) is 5.02 Å². The Morgan fingerprint density at radius 3 is 2.59 bits per heavy atom. The molecule has 29 heavy (non-hydrogen) atoms. The summed E-state index contributed by atoms with van der Waals surface area (Å²) >= 11 is 7.14. The average Bonchev–Trinajstić information content (AvgIpc) is 3.24. The Balaban J connectivity index is 1.63. The van der Waals surface area contributed by atoms with Crippen molar-refractivity contribution in [1.82, 2.24) is 0 Å². The second-order valence-electron chi connectivity index (χ2n) is 5.76. The maximum absolute atomic E-state index is 13.7. The Kier molecular flexibility index (Phi) is 6.58. The van der Waals surface area contributed by atoms with Gasteiger partial charge in [-0.05, 0) is 41.8 Å². The van der Waals surface area contributed by atoms with E-state index in [1.165, 1.54) is 29.5 Å². The Morgan fingerprint density at radius 2 is 1.83 bits per heavy atom. The van der Waals surface area contributed by atoms with Crippen LogP contribution in [0, 0.1) is 5.82 Å². The number of esters is 1. The van der Waals surface area contributed by atoms with Crippen LogP contribution in [0.4, 0.5) is 15.8 Å². The first kappa shape index (κ1) is 20.5. The van der Waals surface area contributed by atoms with E-state index in [4.69, 9.17) is 16.3 Å². The predicted molar refractivity (Wildman–Crippen MR) is 109 cm³/mol. The van der Waals surface area contributed by atoms with Crippen molar-refractivity contribution < 1.29 is 23.5 Å². The molecular formula is C20H14ClFN2O4S. The predicted octanol–water partition coefficient (Wildman–Crippen LogP) is 4.59. The van der Waals surface area contributed by atoms with Crippen molar-refractivity contribution in [2.24, 2.45) is 0 Å². The highest BCUT2D eigenvalue weighted by atomic mass is 35.5. The van der Waals surface area contributed by atoms with Gasteiger partial charge in [0.1, 0.15) is 5.82 Å². The van der Waals surface area contributed by atoms with Gasteiger partial charge in [0.15, 0.2) is 6.61 Å². The molecule has 0 unspecified atom stereocenters. The number of benzene rings is 2. The first-order valence-electron chi connectivity index (χ1n) is 8.28. The number of para-hydroxylation sites is 1. The fourth-order valence-electron chi connectivity index (χ4n) is 2.35. The molecule has 2 N–H and O–H groups in total. The smallest absolute Gasteiger partial charge is 0.340 e. The van der Waals surface area contributed by atoms with Crippen LogP contribution in [-0.4, -0.2) is 24.4 Å². The molecule has 0 bridgehead atoms. The summed E-state index contributed by atoms with van der Waals surface area (Å²) in [5.74, 6) is -2.59. The molecule has 0 radical (unpaired) electrons. The molecule has 3 rings (SSSR count). The summed E-state index contributed by atoms with van der Waals surface area (Å²) in [5, 5.41) is 8.60. The van der Waals surface area contributed by atoms with Crippen LogP contribution >= 0.6 is 22.9 Å². The zero-order chi connectivity index (χ0) is 20.8. The fraction of sp³-hybridized carbons (Fsp3) is 0.0500.